The number of benzene rings is 1. The van der Waals surface area contributed by atoms with E-state index in [2.05, 4.69) is 58.1 Å². The number of hydrogen-bond acceptors (Lipinski definition) is 1. The molecule has 19 heavy (non-hydrogen) atoms. The van der Waals surface area contributed by atoms with Gasteiger partial charge in [0.05, 0.1) is 0 Å². The zero-order chi connectivity index (χ0) is 14.3. The Balaban J connectivity index is 2.51. The summed E-state index contributed by atoms with van der Waals surface area (Å²) in [6.07, 6.45) is 4.94. The van der Waals surface area contributed by atoms with Crippen LogP contribution in [0.3, 0.4) is 0 Å². The van der Waals surface area contributed by atoms with E-state index in [1.807, 2.05) is 0 Å². The molecule has 0 aliphatic heterocycles. The van der Waals surface area contributed by atoms with Crippen molar-refractivity contribution in [3.63, 3.8) is 0 Å². The summed E-state index contributed by atoms with van der Waals surface area (Å²) in [7, 11) is 0. The zero-order valence-corrected chi connectivity index (χ0v) is 13.4. The Bertz CT molecular complexity index is 368. The van der Waals surface area contributed by atoms with Gasteiger partial charge < -0.3 is 5.32 Å². The smallest absolute Gasteiger partial charge is 0.00726 e. The number of rotatable bonds is 8. The molecule has 1 N–H and O–H groups in total. The number of nitrogens with one attached hydrogen (secondary N) is 1. The van der Waals surface area contributed by atoms with Crippen molar-refractivity contribution >= 4 is 0 Å². The lowest BCUT2D eigenvalue weighted by Crippen LogP contribution is -2.31. The van der Waals surface area contributed by atoms with E-state index in [4.69, 9.17) is 0 Å². The van der Waals surface area contributed by atoms with Gasteiger partial charge in [-0.2, -0.15) is 0 Å². The van der Waals surface area contributed by atoms with Gasteiger partial charge in [-0.15, -0.1) is 0 Å². The van der Waals surface area contributed by atoms with Crippen molar-refractivity contribution in [2.24, 2.45) is 5.92 Å². The van der Waals surface area contributed by atoms with E-state index in [9.17, 15) is 0 Å². The molecule has 1 nitrogen and oxygen atoms in total. The lowest BCUT2D eigenvalue weighted by Gasteiger charge is -2.20. The molecule has 0 radical (unpaired) electrons. The van der Waals surface area contributed by atoms with Crippen LogP contribution < -0.4 is 5.32 Å². The average molecular weight is 261 g/mol. The summed E-state index contributed by atoms with van der Waals surface area (Å²) in [6.45, 7) is 12.4. The highest BCUT2D eigenvalue weighted by Gasteiger charge is 2.10. The van der Waals surface area contributed by atoms with Crippen molar-refractivity contribution in [1.82, 2.24) is 5.32 Å². The van der Waals surface area contributed by atoms with Gasteiger partial charge in [0, 0.05) is 6.04 Å². The van der Waals surface area contributed by atoms with E-state index in [1.165, 1.54) is 42.4 Å². The molecule has 1 unspecified atom stereocenters. The molecule has 1 aromatic carbocycles. The molecule has 0 bridgehead atoms. The van der Waals surface area contributed by atoms with Gasteiger partial charge in [-0.25, -0.2) is 0 Å². The van der Waals surface area contributed by atoms with Gasteiger partial charge in [0.1, 0.15) is 0 Å². The second-order valence-corrected chi connectivity index (χ2v) is 6.24. The maximum atomic E-state index is 3.70. The van der Waals surface area contributed by atoms with Crippen molar-refractivity contribution in [2.45, 2.75) is 66.3 Å². The summed E-state index contributed by atoms with van der Waals surface area (Å²) in [5.74, 6) is 0.772. The quantitative estimate of drug-likeness (QED) is 0.718. The lowest BCUT2D eigenvalue weighted by molar-refractivity contribution is 0.398. The number of aryl methyl sites for hydroxylation is 3. The predicted molar refractivity (Wildman–Crippen MR) is 85.8 cm³/mol. The van der Waals surface area contributed by atoms with Crippen molar-refractivity contribution in [3.05, 3.63) is 34.9 Å². The third-order valence-corrected chi connectivity index (χ3v) is 3.79. The van der Waals surface area contributed by atoms with Crippen LogP contribution in [0.4, 0.5) is 0 Å². The van der Waals surface area contributed by atoms with Crippen molar-refractivity contribution in [3.8, 4) is 0 Å². The fraction of sp³-hybridized carbons (Fsp3) is 0.667. The highest BCUT2D eigenvalue weighted by molar-refractivity contribution is 5.29. The van der Waals surface area contributed by atoms with Gasteiger partial charge >= 0.3 is 0 Å². The van der Waals surface area contributed by atoms with Gasteiger partial charge in [0.25, 0.3) is 0 Å². The summed E-state index contributed by atoms with van der Waals surface area (Å²) >= 11 is 0. The van der Waals surface area contributed by atoms with Crippen molar-refractivity contribution in [2.75, 3.05) is 6.54 Å². The van der Waals surface area contributed by atoms with Crippen molar-refractivity contribution in [1.29, 1.82) is 0 Å². The van der Waals surface area contributed by atoms with Crippen LogP contribution >= 0.6 is 0 Å². The standard InChI is InChI=1S/C18H31N/c1-6-11-19-18(12-14(2)3)10-9-17-8-7-15(4)16(5)13-17/h7-8,13-14,18-19H,6,9-12H2,1-5H3. The molecule has 1 atom stereocenters. The van der Waals surface area contributed by atoms with E-state index >= 15 is 0 Å². The van der Waals surface area contributed by atoms with Crippen LogP contribution in [0.2, 0.25) is 0 Å². The fourth-order valence-corrected chi connectivity index (χ4v) is 2.52. The topological polar surface area (TPSA) is 12.0 Å². The normalized spacial score (nSPS) is 12.9. The molecule has 0 amide bonds. The SMILES string of the molecule is CCCNC(CCc1ccc(C)c(C)c1)CC(C)C. The molecule has 0 saturated heterocycles. The van der Waals surface area contributed by atoms with Gasteiger partial charge in [0.2, 0.25) is 0 Å². The summed E-state index contributed by atoms with van der Waals surface area (Å²) < 4.78 is 0. The average Bonchev–Trinajstić information content (AvgIpc) is 2.36. The maximum absolute atomic E-state index is 3.70. The first-order valence-electron chi connectivity index (χ1n) is 7.82. The molecule has 1 rings (SSSR count). The molecule has 0 spiro atoms. The first-order chi connectivity index (χ1) is 9.02. The molecule has 1 heteroatoms. The first kappa shape index (κ1) is 16.2. The molecule has 0 aliphatic rings. The third kappa shape index (κ3) is 6.24. The molecule has 0 aromatic heterocycles. The Hall–Kier alpha value is -0.820. The summed E-state index contributed by atoms with van der Waals surface area (Å²) in [4.78, 5) is 0. The third-order valence-electron chi connectivity index (χ3n) is 3.79. The summed E-state index contributed by atoms with van der Waals surface area (Å²) in [6, 6.07) is 7.55. The Morgan fingerprint density at radius 1 is 1.11 bits per heavy atom. The highest BCUT2D eigenvalue weighted by atomic mass is 14.9. The molecule has 108 valence electrons. The maximum Gasteiger partial charge on any atom is 0.00726 e. The molecule has 0 saturated carbocycles. The van der Waals surface area contributed by atoms with E-state index in [-0.39, 0.29) is 0 Å². The summed E-state index contributed by atoms with van der Waals surface area (Å²) in [5, 5.41) is 3.70. The van der Waals surface area contributed by atoms with Crippen LogP contribution in [0.15, 0.2) is 18.2 Å². The molecular weight excluding hydrogens is 230 g/mol. The van der Waals surface area contributed by atoms with Crippen LogP contribution in [-0.4, -0.2) is 12.6 Å². The minimum absolute atomic E-state index is 0.668. The minimum Gasteiger partial charge on any atom is -0.314 e. The molecule has 0 fully saturated rings. The van der Waals surface area contributed by atoms with Crippen LogP contribution in [0.5, 0.6) is 0 Å². The van der Waals surface area contributed by atoms with Crippen molar-refractivity contribution < 1.29 is 0 Å². The second kappa shape index (κ2) is 8.37. The summed E-state index contributed by atoms with van der Waals surface area (Å²) in [5.41, 5.74) is 4.29. The van der Waals surface area contributed by atoms with E-state index in [0.29, 0.717) is 6.04 Å². The van der Waals surface area contributed by atoms with Crippen LogP contribution in [0.1, 0.15) is 56.7 Å². The first-order valence-corrected chi connectivity index (χ1v) is 7.82. The molecule has 0 aliphatic carbocycles. The second-order valence-electron chi connectivity index (χ2n) is 6.24. The van der Waals surface area contributed by atoms with Gasteiger partial charge in [-0.3, -0.25) is 0 Å². The highest BCUT2D eigenvalue weighted by Crippen LogP contribution is 2.15. The van der Waals surface area contributed by atoms with E-state index in [0.717, 1.165) is 12.5 Å². The van der Waals surface area contributed by atoms with Crippen LogP contribution in [0, 0.1) is 19.8 Å². The zero-order valence-electron chi connectivity index (χ0n) is 13.4. The Morgan fingerprint density at radius 3 is 2.42 bits per heavy atom. The minimum atomic E-state index is 0.668. The molecule has 0 heterocycles. The van der Waals surface area contributed by atoms with Crippen LogP contribution in [-0.2, 0) is 6.42 Å². The monoisotopic (exact) mass is 261 g/mol. The fourth-order valence-electron chi connectivity index (χ4n) is 2.52. The largest absolute Gasteiger partial charge is 0.314 e. The van der Waals surface area contributed by atoms with Gasteiger partial charge in [-0.05, 0) is 68.7 Å². The Kier molecular flexibility index (Phi) is 7.15. The number of hydrogen-bond donors (Lipinski definition) is 1. The Labute approximate surface area is 119 Å². The van der Waals surface area contributed by atoms with E-state index < -0.39 is 0 Å². The van der Waals surface area contributed by atoms with Gasteiger partial charge in [0.15, 0.2) is 0 Å². The predicted octanol–water partition coefficient (Wildman–Crippen LogP) is 4.65. The molecular formula is C18H31N. The van der Waals surface area contributed by atoms with E-state index in [1.54, 1.807) is 0 Å². The van der Waals surface area contributed by atoms with Gasteiger partial charge in [-0.1, -0.05) is 39.0 Å². The molecule has 1 aromatic rings. The van der Waals surface area contributed by atoms with Crippen LogP contribution in [0.25, 0.3) is 0 Å². The lowest BCUT2D eigenvalue weighted by atomic mass is 9.96. The Morgan fingerprint density at radius 2 is 1.84 bits per heavy atom.